The predicted molar refractivity (Wildman–Crippen MR) is 85.9 cm³/mol. The monoisotopic (exact) mass is 329 g/mol. The van der Waals surface area contributed by atoms with Crippen LogP contribution in [0.4, 0.5) is 0 Å². The summed E-state index contributed by atoms with van der Waals surface area (Å²) in [6, 6.07) is 14.1. The zero-order chi connectivity index (χ0) is 14.3. The molecule has 20 heavy (non-hydrogen) atoms. The Bertz CT molecular complexity index is 759. The maximum Gasteiger partial charge on any atom is 0.137 e. The number of halogens is 1. The maximum absolute atomic E-state index is 6.31. The van der Waals surface area contributed by atoms with Crippen molar-refractivity contribution in [3.63, 3.8) is 0 Å². The van der Waals surface area contributed by atoms with Crippen molar-refractivity contribution >= 4 is 26.9 Å². The van der Waals surface area contributed by atoms with Gasteiger partial charge in [-0.2, -0.15) is 0 Å². The second kappa shape index (κ2) is 5.08. The van der Waals surface area contributed by atoms with Crippen LogP contribution in [-0.4, -0.2) is 0 Å². The van der Waals surface area contributed by atoms with Gasteiger partial charge in [-0.3, -0.25) is 0 Å². The molecular formula is C17H16BrNO. The molecule has 3 aromatic rings. The zero-order valence-electron chi connectivity index (χ0n) is 11.5. The lowest BCUT2D eigenvalue weighted by molar-refractivity contribution is 0.523. The first-order valence-corrected chi connectivity index (χ1v) is 7.35. The summed E-state index contributed by atoms with van der Waals surface area (Å²) in [6.45, 7) is 4.11. The van der Waals surface area contributed by atoms with Crippen molar-refractivity contribution in [2.45, 2.75) is 19.9 Å². The van der Waals surface area contributed by atoms with Crippen LogP contribution in [0, 0.1) is 13.8 Å². The molecule has 1 heterocycles. The van der Waals surface area contributed by atoms with Crippen LogP contribution in [-0.2, 0) is 0 Å². The third-order valence-corrected chi connectivity index (χ3v) is 3.99. The van der Waals surface area contributed by atoms with Crippen molar-refractivity contribution < 1.29 is 4.42 Å². The topological polar surface area (TPSA) is 39.2 Å². The number of nitrogens with two attached hydrogens (primary N) is 1. The van der Waals surface area contributed by atoms with E-state index in [9.17, 15) is 0 Å². The summed E-state index contributed by atoms with van der Waals surface area (Å²) in [5, 5.41) is 1.08. The Balaban J connectivity index is 2.05. The van der Waals surface area contributed by atoms with Gasteiger partial charge < -0.3 is 10.2 Å². The highest BCUT2D eigenvalue weighted by Gasteiger charge is 2.15. The lowest BCUT2D eigenvalue weighted by atomic mass is 10.0. The summed E-state index contributed by atoms with van der Waals surface area (Å²) in [5.41, 5.74) is 10.6. The lowest BCUT2D eigenvalue weighted by Crippen LogP contribution is -2.10. The van der Waals surface area contributed by atoms with Crippen molar-refractivity contribution in [2.75, 3.05) is 0 Å². The van der Waals surface area contributed by atoms with E-state index in [4.69, 9.17) is 10.2 Å². The SMILES string of the molecule is Cc1ccc(C(N)c2cc3cc(Br)cc(C)c3o2)cc1. The Morgan fingerprint density at radius 2 is 1.75 bits per heavy atom. The van der Waals surface area contributed by atoms with Gasteiger partial charge in [-0.25, -0.2) is 0 Å². The van der Waals surface area contributed by atoms with E-state index in [1.807, 2.05) is 19.1 Å². The Kier molecular flexibility index (Phi) is 3.40. The molecule has 0 aliphatic carbocycles. The van der Waals surface area contributed by atoms with Crippen molar-refractivity contribution in [1.29, 1.82) is 0 Å². The molecular weight excluding hydrogens is 314 g/mol. The average molecular weight is 330 g/mol. The van der Waals surface area contributed by atoms with Gasteiger partial charge in [-0.05, 0) is 43.2 Å². The van der Waals surface area contributed by atoms with Crippen molar-refractivity contribution in [2.24, 2.45) is 5.73 Å². The Morgan fingerprint density at radius 3 is 2.45 bits per heavy atom. The zero-order valence-corrected chi connectivity index (χ0v) is 13.1. The number of benzene rings is 2. The van der Waals surface area contributed by atoms with Gasteiger partial charge in [0.05, 0.1) is 6.04 Å². The fourth-order valence-electron chi connectivity index (χ4n) is 2.39. The molecule has 2 N–H and O–H groups in total. The Hall–Kier alpha value is -1.58. The minimum Gasteiger partial charge on any atom is -0.459 e. The van der Waals surface area contributed by atoms with E-state index in [2.05, 4.69) is 53.2 Å². The van der Waals surface area contributed by atoms with E-state index in [0.29, 0.717) is 0 Å². The molecule has 1 atom stereocenters. The third kappa shape index (κ3) is 2.39. The van der Waals surface area contributed by atoms with Gasteiger partial charge in [0, 0.05) is 9.86 Å². The highest BCUT2D eigenvalue weighted by Crippen LogP contribution is 2.31. The highest BCUT2D eigenvalue weighted by molar-refractivity contribution is 9.10. The van der Waals surface area contributed by atoms with Crippen LogP contribution in [0.1, 0.15) is 28.5 Å². The molecule has 3 rings (SSSR count). The smallest absolute Gasteiger partial charge is 0.137 e. The van der Waals surface area contributed by atoms with Crippen LogP contribution >= 0.6 is 15.9 Å². The van der Waals surface area contributed by atoms with Crippen LogP contribution in [0.15, 0.2) is 51.4 Å². The average Bonchev–Trinajstić information content (AvgIpc) is 2.83. The summed E-state index contributed by atoms with van der Waals surface area (Å²) >= 11 is 3.51. The molecule has 2 aromatic carbocycles. The molecule has 0 radical (unpaired) electrons. The van der Waals surface area contributed by atoms with Crippen molar-refractivity contribution in [3.05, 3.63) is 69.4 Å². The molecule has 0 saturated heterocycles. The van der Waals surface area contributed by atoms with Gasteiger partial charge in [0.2, 0.25) is 0 Å². The van der Waals surface area contributed by atoms with Crippen LogP contribution in [0.2, 0.25) is 0 Å². The third-order valence-electron chi connectivity index (χ3n) is 3.53. The molecule has 2 nitrogen and oxygen atoms in total. The van der Waals surface area contributed by atoms with Crippen molar-refractivity contribution in [3.8, 4) is 0 Å². The number of furan rings is 1. The van der Waals surface area contributed by atoms with Crippen LogP contribution in [0.25, 0.3) is 11.0 Å². The second-order valence-corrected chi connectivity index (χ2v) is 6.09. The summed E-state index contributed by atoms with van der Waals surface area (Å²) in [4.78, 5) is 0. The summed E-state index contributed by atoms with van der Waals surface area (Å²) in [5.74, 6) is 0.796. The van der Waals surface area contributed by atoms with Crippen LogP contribution in [0.3, 0.4) is 0 Å². The number of hydrogen-bond acceptors (Lipinski definition) is 2. The van der Waals surface area contributed by atoms with E-state index >= 15 is 0 Å². The molecule has 3 heteroatoms. The predicted octanol–water partition coefficient (Wildman–Crippen LogP) is 4.86. The molecule has 0 bridgehead atoms. The van der Waals surface area contributed by atoms with E-state index in [1.54, 1.807) is 0 Å². The first-order valence-electron chi connectivity index (χ1n) is 6.56. The lowest BCUT2D eigenvalue weighted by Gasteiger charge is -2.09. The fourth-order valence-corrected chi connectivity index (χ4v) is 2.98. The Labute approximate surface area is 126 Å². The number of fused-ring (bicyclic) bond motifs is 1. The molecule has 0 aliphatic rings. The van der Waals surface area contributed by atoms with Crippen LogP contribution < -0.4 is 5.73 Å². The molecule has 0 amide bonds. The van der Waals surface area contributed by atoms with E-state index in [1.165, 1.54) is 5.56 Å². The number of hydrogen-bond donors (Lipinski definition) is 1. The molecule has 1 unspecified atom stereocenters. The normalized spacial score (nSPS) is 12.8. The Morgan fingerprint density at radius 1 is 1.05 bits per heavy atom. The van der Waals surface area contributed by atoms with E-state index < -0.39 is 0 Å². The minimum absolute atomic E-state index is 0.235. The molecule has 0 aliphatic heterocycles. The quantitative estimate of drug-likeness (QED) is 0.729. The molecule has 102 valence electrons. The van der Waals surface area contributed by atoms with E-state index in [0.717, 1.165) is 32.3 Å². The van der Waals surface area contributed by atoms with Crippen LogP contribution in [0.5, 0.6) is 0 Å². The summed E-state index contributed by atoms with van der Waals surface area (Å²) in [7, 11) is 0. The van der Waals surface area contributed by atoms with Gasteiger partial charge in [0.25, 0.3) is 0 Å². The number of aryl methyl sites for hydroxylation is 2. The first-order chi connectivity index (χ1) is 9.54. The van der Waals surface area contributed by atoms with Gasteiger partial charge in [0.1, 0.15) is 11.3 Å². The largest absolute Gasteiger partial charge is 0.459 e. The second-order valence-electron chi connectivity index (χ2n) is 5.18. The standard InChI is InChI=1S/C17H16BrNO/c1-10-3-5-12(6-4-10)16(19)15-9-13-8-14(18)7-11(2)17(13)20-15/h3-9,16H,19H2,1-2H3. The molecule has 0 saturated carbocycles. The summed E-state index contributed by atoms with van der Waals surface area (Å²) in [6.07, 6.45) is 0. The first kappa shape index (κ1) is 13.4. The van der Waals surface area contributed by atoms with E-state index in [-0.39, 0.29) is 6.04 Å². The number of rotatable bonds is 2. The van der Waals surface area contributed by atoms with Gasteiger partial charge in [0.15, 0.2) is 0 Å². The fraction of sp³-hybridized carbons (Fsp3) is 0.176. The minimum atomic E-state index is -0.235. The van der Waals surface area contributed by atoms with Gasteiger partial charge in [-0.1, -0.05) is 45.8 Å². The van der Waals surface area contributed by atoms with Gasteiger partial charge in [-0.15, -0.1) is 0 Å². The highest BCUT2D eigenvalue weighted by atomic mass is 79.9. The maximum atomic E-state index is 6.31. The summed E-state index contributed by atoms with van der Waals surface area (Å²) < 4.78 is 7.01. The molecule has 0 fully saturated rings. The molecule has 0 spiro atoms. The molecule has 1 aromatic heterocycles. The van der Waals surface area contributed by atoms with Crippen molar-refractivity contribution in [1.82, 2.24) is 0 Å². The van der Waals surface area contributed by atoms with Gasteiger partial charge >= 0.3 is 0 Å².